The second-order valence-corrected chi connectivity index (χ2v) is 5.67. The van der Waals surface area contributed by atoms with Crippen LogP contribution in [0.3, 0.4) is 0 Å². The highest BCUT2D eigenvalue weighted by atomic mass is 16.5. The summed E-state index contributed by atoms with van der Waals surface area (Å²) in [7, 11) is 0. The van der Waals surface area contributed by atoms with Gasteiger partial charge in [-0.25, -0.2) is 4.98 Å². The van der Waals surface area contributed by atoms with Crippen molar-refractivity contribution >= 4 is 5.95 Å². The van der Waals surface area contributed by atoms with Gasteiger partial charge in [-0.2, -0.15) is 0 Å². The van der Waals surface area contributed by atoms with Gasteiger partial charge < -0.3 is 14.6 Å². The van der Waals surface area contributed by atoms with Crippen LogP contribution in [0, 0.1) is 6.92 Å². The lowest BCUT2D eigenvalue weighted by Crippen LogP contribution is -2.22. The van der Waals surface area contributed by atoms with Gasteiger partial charge in [0.1, 0.15) is 0 Å². The van der Waals surface area contributed by atoms with Crippen LogP contribution in [0.1, 0.15) is 50.8 Å². The first-order chi connectivity index (χ1) is 8.74. The van der Waals surface area contributed by atoms with Gasteiger partial charge in [-0.3, -0.25) is 0 Å². The first-order valence-electron chi connectivity index (χ1n) is 7.17. The number of nitrogens with one attached hydrogen (secondary N) is 1. The molecule has 0 spiro atoms. The van der Waals surface area contributed by atoms with Crippen molar-refractivity contribution < 1.29 is 4.74 Å². The van der Waals surface area contributed by atoms with Crippen LogP contribution in [0.25, 0.3) is 0 Å². The smallest absolute Gasteiger partial charge is 0.203 e. The van der Waals surface area contributed by atoms with Crippen molar-refractivity contribution in [2.75, 3.05) is 11.9 Å². The Morgan fingerprint density at radius 1 is 1.33 bits per heavy atom. The quantitative estimate of drug-likeness (QED) is 0.895. The maximum Gasteiger partial charge on any atom is 0.203 e. The number of anilines is 1. The van der Waals surface area contributed by atoms with Crippen molar-refractivity contribution in [3.05, 3.63) is 11.9 Å². The lowest BCUT2D eigenvalue weighted by Gasteiger charge is -2.21. The van der Waals surface area contributed by atoms with Crippen LogP contribution >= 0.6 is 0 Å². The first kappa shape index (κ1) is 12.0. The van der Waals surface area contributed by atoms with E-state index in [2.05, 4.69) is 34.9 Å². The Hall–Kier alpha value is -1.03. The average Bonchev–Trinajstić information content (AvgIpc) is 3.02. The minimum atomic E-state index is 0.294. The van der Waals surface area contributed by atoms with E-state index in [9.17, 15) is 0 Å². The van der Waals surface area contributed by atoms with E-state index in [-0.39, 0.29) is 0 Å². The summed E-state index contributed by atoms with van der Waals surface area (Å²) in [5, 5.41) is 3.62. The second kappa shape index (κ2) is 4.92. The van der Waals surface area contributed by atoms with Crippen LogP contribution in [-0.2, 0) is 4.74 Å². The van der Waals surface area contributed by atoms with Crippen molar-refractivity contribution in [1.82, 2.24) is 9.55 Å². The van der Waals surface area contributed by atoms with E-state index < -0.39 is 0 Å². The van der Waals surface area contributed by atoms with Crippen LogP contribution in [-0.4, -0.2) is 28.3 Å². The summed E-state index contributed by atoms with van der Waals surface area (Å²) in [6.45, 7) is 5.09. The normalized spacial score (nSPS) is 29.0. The molecule has 2 aliphatic rings. The molecule has 0 amide bonds. The minimum absolute atomic E-state index is 0.294. The summed E-state index contributed by atoms with van der Waals surface area (Å²) < 4.78 is 7.97. The van der Waals surface area contributed by atoms with Gasteiger partial charge in [-0.1, -0.05) is 12.8 Å². The molecule has 18 heavy (non-hydrogen) atoms. The largest absolute Gasteiger partial charge is 0.376 e. The topological polar surface area (TPSA) is 39.1 Å². The maximum absolute atomic E-state index is 5.68. The fourth-order valence-corrected chi connectivity index (χ4v) is 3.21. The van der Waals surface area contributed by atoms with E-state index in [0.29, 0.717) is 18.2 Å². The molecular weight excluding hydrogens is 226 g/mol. The number of hydrogen-bond donors (Lipinski definition) is 1. The van der Waals surface area contributed by atoms with Crippen LogP contribution in [0.5, 0.6) is 0 Å². The van der Waals surface area contributed by atoms with E-state index in [0.717, 1.165) is 24.7 Å². The lowest BCUT2D eigenvalue weighted by atomic mass is 10.1. The Kier molecular flexibility index (Phi) is 3.29. The third kappa shape index (κ3) is 2.26. The van der Waals surface area contributed by atoms with Crippen molar-refractivity contribution in [1.29, 1.82) is 0 Å². The van der Waals surface area contributed by atoms with Crippen molar-refractivity contribution in [3.63, 3.8) is 0 Å². The highest BCUT2D eigenvalue weighted by Gasteiger charge is 2.28. The van der Waals surface area contributed by atoms with E-state index in [1.54, 1.807) is 0 Å². The van der Waals surface area contributed by atoms with E-state index >= 15 is 0 Å². The van der Waals surface area contributed by atoms with Crippen LogP contribution < -0.4 is 5.32 Å². The molecule has 100 valence electrons. The van der Waals surface area contributed by atoms with E-state index in [1.165, 1.54) is 25.7 Å². The Labute approximate surface area is 109 Å². The number of rotatable bonds is 3. The predicted molar refractivity (Wildman–Crippen MR) is 71.9 cm³/mol. The number of nitrogens with zero attached hydrogens (tertiary/aromatic N) is 2. The Morgan fingerprint density at radius 2 is 2.11 bits per heavy atom. The monoisotopic (exact) mass is 249 g/mol. The number of imidazole rings is 1. The summed E-state index contributed by atoms with van der Waals surface area (Å²) in [5.41, 5.74) is 1.09. The number of hydrogen-bond acceptors (Lipinski definition) is 3. The van der Waals surface area contributed by atoms with Gasteiger partial charge in [-0.15, -0.1) is 0 Å². The molecule has 1 saturated carbocycles. The molecule has 2 unspecified atom stereocenters. The molecule has 1 aromatic rings. The molecule has 1 saturated heterocycles. The molecule has 0 bridgehead atoms. The van der Waals surface area contributed by atoms with Crippen LogP contribution in [0.4, 0.5) is 5.95 Å². The second-order valence-electron chi connectivity index (χ2n) is 5.67. The zero-order chi connectivity index (χ0) is 12.5. The molecule has 2 heterocycles. The third-order valence-corrected chi connectivity index (χ3v) is 4.23. The molecule has 2 atom stereocenters. The number of ether oxygens (including phenoxy) is 1. The molecule has 1 aromatic heterocycles. The molecule has 1 aliphatic carbocycles. The summed E-state index contributed by atoms with van der Waals surface area (Å²) in [6.07, 6.45) is 8.80. The van der Waals surface area contributed by atoms with Gasteiger partial charge in [0.25, 0.3) is 0 Å². The van der Waals surface area contributed by atoms with E-state index in [4.69, 9.17) is 4.74 Å². The first-order valence-corrected chi connectivity index (χ1v) is 7.17. The van der Waals surface area contributed by atoms with Crippen molar-refractivity contribution in [3.8, 4) is 0 Å². The van der Waals surface area contributed by atoms with Gasteiger partial charge in [0, 0.05) is 18.8 Å². The highest BCUT2D eigenvalue weighted by molar-refractivity contribution is 5.31. The van der Waals surface area contributed by atoms with Gasteiger partial charge in [0.15, 0.2) is 0 Å². The van der Waals surface area contributed by atoms with Crippen LogP contribution in [0.2, 0.25) is 0 Å². The number of aromatic nitrogens is 2. The average molecular weight is 249 g/mol. The zero-order valence-electron chi connectivity index (χ0n) is 11.4. The molecule has 4 heteroatoms. The molecule has 2 fully saturated rings. The number of aryl methyl sites for hydroxylation is 1. The standard InChI is InChI=1S/C14H23N3O/c1-10-9-17(13-7-8-18-11(13)2)14(15-10)16-12-5-3-4-6-12/h9,11-13H,3-8H2,1-2H3,(H,15,16). The molecule has 1 aliphatic heterocycles. The molecular formula is C14H23N3O. The Balaban J connectivity index is 1.80. The summed E-state index contributed by atoms with van der Waals surface area (Å²) in [6, 6.07) is 1.05. The molecule has 0 radical (unpaired) electrons. The molecule has 0 aromatic carbocycles. The fraction of sp³-hybridized carbons (Fsp3) is 0.786. The summed E-state index contributed by atoms with van der Waals surface area (Å²) in [4.78, 5) is 4.65. The maximum atomic E-state index is 5.68. The fourth-order valence-electron chi connectivity index (χ4n) is 3.21. The predicted octanol–water partition coefficient (Wildman–Crippen LogP) is 2.90. The van der Waals surface area contributed by atoms with Gasteiger partial charge >= 0.3 is 0 Å². The summed E-state index contributed by atoms with van der Waals surface area (Å²) in [5.74, 6) is 1.04. The molecule has 3 rings (SSSR count). The van der Waals surface area contributed by atoms with Crippen molar-refractivity contribution in [2.24, 2.45) is 0 Å². The van der Waals surface area contributed by atoms with Gasteiger partial charge in [0.2, 0.25) is 5.95 Å². The zero-order valence-corrected chi connectivity index (χ0v) is 11.4. The van der Waals surface area contributed by atoms with Crippen molar-refractivity contribution in [2.45, 2.75) is 64.1 Å². The molecule has 4 nitrogen and oxygen atoms in total. The molecule has 1 N–H and O–H groups in total. The minimum Gasteiger partial charge on any atom is -0.376 e. The third-order valence-electron chi connectivity index (χ3n) is 4.23. The van der Waals surface area contributed by atoms with Gasteiger partial charge in [0.05, 0.1) is 17.8 Å². The highest BCUT2D eigenvalue weighted by Crippen LogP contribution is 2.30. The van der Waals surface area contributed by atoms with Gasteiger partial charge in [-0.05, 0) is 33.1 Å². The summed E-state index contributed by atoms with van der Waals surface area (Å²) >= 11 is 0. The Morgan fingerprint density at radius 3 is 2.78 bits per heavy atom. The SMILES string of the molecule is Cc1cn(C2CCOC2C)c(NC2CCCC2)n1. The Bertz CT molecular complexity index is 409. The lowest BCUT2D eigenvalue weighted by molar-refractivity contribution is 0.108. The van der Waals surface area contributed by atoms with E-state index in [1.807, 2.05) is 0 Å². The van der Waals surface area contributed by atoms with Crippen LogP contribution in [0.15, 0.2) is 6.20 Å².